The highest BCUT2D eigenvalue weighted by molar-refractivity contribution is 5.69. The van der Waals surface area contributed by atoms with E-state index >= 15 is 0 Å². The number of hydrogen-bond acceptors (Lipinski definition) is 5. The Morgan fingerprint density at radius 3 is 2.21 bits per heavy atom. The molecule has 0 aliphatic carbocycles. The molecule has 3 rings (SSSR count). The third-order valence-corrected chi connectivity index (χ3v) is 4.03. The van der Waals surface area contributed by atoms with Gasteiger partial charge in [-0.25, -0.2) is 4.79 Å². The highest BCUT2D eigenvalue weighted by Gasteiger charge is 2.17. The Hall–Kier alpha value is -3.42. The second-order valence-electron chi connectivity index (χ2n) is 6.81. The maximum atomic E-state index is 11.0. The van der Waals surface area contributed by atoms with E-state index in [2.05, 4.69) is 9.97 Å². The van der Waals surface area contributed by atoms with Gasteiger partial charge in [0.1, 0.15) is 11.5 Å². The van der Waals surface area contributed by atoms with Gasteiger partial charge in [0.15, 0.2) is 0 Å². The van der Waals surface area contributed by atoms with Crippen LogP contribution >= 0.6 is 0 Å². The average Bonchev–Trinajstić information content (AvgIpc) is 3.12. The summed E-state index contributed by atoms with van der Waals surface area (Å²) < 4.78 is 5.62. The van der Waals surface area contributed by atoms with Crippen LogP contribution in [0.25, 0.3) is 11.3 Å². The van der Waals surface area contributed by atoms with E-state index in [4.69, 9.17) is 4.42 Å². The van der Waals surface area contributed by atoms with Crippen LogP contribution in [0.2, 0.25) is 0 Å². The molecule has 0 bridgehead atoms. The first-order chi connectivity index (χ1) is 13.2. The molecule has 2 heterocycles. The normalized spacial score (nSPS) is 10.6. The van der Waals surface area contributed by atoms with E-state index in [1.165, 1.54) is 12.3 Å². The van der Waals surface area contributed by atoms with Crippen LogP contribution in [-0.4, -0.2) is 14.9 Å². The molecular formula is C20H23N3O5. The summed E-state index contributed by atoms with van der Waals surface area (Å²) in [6.07, 6.45) is 1.45. The lowest BCUT2D eigenvalue weighted by Crippen LogP contribution is -2.24. The van der Waals surface area contributed by atoms with Crippen molar-refractivity contribution in [2.24, 2.45) is 0 Å². The minimum atomic E-state index is -0.459. The number of para-hydroxylation sites is 1. The van der Waals surface area contributed by atoms with Crippen molar-refractivity contribution >= 4 is 5.69 Å². The third kappa shape index (κ3) is 5.06. The van der Waals surface area contributed by atoms with Crippen LogP contribution in [0, 0.1) is 10.1 Å². The van der Waals surface area contributed by atoms with E-state index in [-0.39, 0.29) is 23.1 Å². The van der Waals surface area contributed by atoms with Gasteiger partial charge >= 0.3 is 5.69 Å². The van der Waals surface area contributed by atoms with E-state index < -0.39 is 10.6 Å². The lowest BCUT2D eigenvalue weighted by atomic mass is 10.1. The lowest BCUT2D eigenvalue weighted by Gasteiger charge is -2.01. The Morgan fingerprint density at radius 2 is 1.68 bits per heavy atom. The zero-order valence-electron chi connectivity index (χ0n) is 16.2. The van der Waals surface area contributed by atoms with Crippen LogP contribution < -0.4 is 11.2 Å². The number of nitrogens with one attached hydrogen (secondary N) is 2. The Balaban J connectivity index is 0.000000221. The van der Waals surface area contributed by atoms with Gasteiger partial charge in [-0.1, -0.05) is 39.8 Å². The number of rotatable bonds is 4. The van der Waals surface area contributed by atoms with Crippen molar-refractivity contribution in [2.75, 3.05) is 0 Å². The molecule has 0 saturated heterocycles. The zero-order valence-corrected chi connectivity index (χ0v) is 16.2. The molecule has 0 radical (unpaired) electrons. The van der Waals surface area contributed by atoms with Crippen molar-refractivity contribution in [1.82, 2.24) is 9.97 Å². The highest BCUT2D eigenvalue weighted by atomic mass is 16.6. The molecule has 2 N–H and O–H groups in total. The molecule has 0 spiro atoms. The summed E-state index contributed by atoms with van der Waals surface area (Å²) >= 11 is 0. The summed E-state index contributed by atoms with van der Waals surface area (Å²) in [6, 6.07) is 10.2. The van der Waals surface area contributed by atoms with Gasteiger partial charge < -0.3 is 9.40 Å². The number of benzene rings is 1. The van der Waals surface area contributed by atoms with Gasteiger partial charge in [0.05, 0.1) is 10.5 Å². The predicted octanol–water partition coefficient (Wildman–Crippen LogP) is 4.16. The van der Waals surface area contributed by atoms with Gasteiger partial charge in [-0.2, -0.15) is 0 Å². The summed E-state index contributed by atoms with van der Waals surface area (Å²) in [7, 11) is 0. The van der Waals surface area contributed by atoms with E-state index in [0.29, 0.717) is 16.9 Å². The van der Waals surface area contributed by atoms with E-state index in [1.54, 1.807) is 24.3 Å². The number of aromatic amines is 2. The molecule has 1 aromatic carbocycles. The molecule has 0 aliphatic rings. The standard InChI is InChI=1S/C13H13NO3.C7H10N2O2/c1-9(2)12-7-8-13(17-12)10-5-3-4-6-11(10)14(15)16;1-4(2)5-3-8-7(11)9-6(5)10/h3-9H,1-2H3;3-4H,1-2H3,(H2,8,9,10,11). The molecule has 0 unspecified atom stereocenters. The van der Waals surface area contributed by atoms with Crippen molar-refractivity contribution in [3.05, 3.63) is 84.9 Å². The second kappa shape index (κ2) is 8.98. The van der Waals surface area contributed by atoms with Crippen LogP contribution in [-0.2, 0) is 0 Å². The molecule has 28 heavy (non-hydrogen) atoms. The van der Waals surface area contributed by atoms with Crippen molar-refractivity contribution < 1.29 is 9.34 Å². The molecule has 0 aliphatic heterocycles. The molecule has 0 amide bonds. The Kier molecular flexibility index (Phi) is 6.70. The highest BCUT2D eigenvalue weighted by Crippen LogP contribution is 2.32. The van der Waals surface area contributed by atoms with Crippen LogP contribution in [0.5, 0.6) is 0 Å². The van der Waals surface area contributed by atoms with Gasteiger partial charge in [-0.15, -0.1) is 0 Å². The first-order valence-corrected chi connectivity index (χ1v) is 8.86. The van der Waals surface area contributed by atoms with E-state index in [0.717, 1.165) is 5.76 Å². The Morgan fingerprint density at radius 1 is 1.00 bits per heavy atom. The smallest absolute Gasteiger partial charge is 0.325 e. The summed E-state index contributed by atoms with van der Waals surface area (Å²) in [4.78, 5) is 36.6. The number of nitro benzene ring substituents is 1. The molecule has 8 nitrogen and oxygen atoms in total. The van der Waals surface area contributed by atoms with E-state index in [9.17, 15) is 19.7 Å². The average molecular weight is 385 g/mol. The number of hydrogen-bond donors (Lipinski definition) is 2. The fourth-order valence-electron chi connectivity index (χ4n) is 2.50. The predicted molar refractivity (Wildman–Crippen MR) is 107 cm³/mol. The molecule has 8 heteroatoms. The Bertz CT molecular complexity index is 1060. The SMILES string of the molecule is CC(C)c1c[nH]c(=O)[nH]c1=O.CC(C)c1ccc(-c2ccccc2[N+](=O)[O-])o1. The minimum Gasteiger partial charge on any atom is -0.461 e. The van der Waals surface area contributed by atoms with Gasteiger partial charge in [-0.3, -0.25) is 19.9 Å². The Labute approximate surface area is 161 Å². The number of H-pyrrole nitrogens is 2. The van der Waals surface area contributed by atoms with Crippen molar-refractivity contribution in [2.45, 2.75) is 39.5 Å². The third-order valence-electron chi connectivity index (χ3n) is 4.03. The molecule has 2 aromatic heterocycles. The lowest BCUT2D eigenvalue weighted by molar-refractivity contribution is -0.384. The number of nitro groups is 1. The van der Waals surface area contributed by atoms with Gasteiger partial charge in [0.25, 0.3) is 11.2 Å². The van der Waals surface area contributed by atoms with Crippen LogP contribution in [0.1, 0.15) is 50.9 Å². The van der Waals surface area contributed by atoms with Crippen LogP contribution in [0.3, 0.4) is 0 Å². The quantitative estimate of drug-likeness (QED) is 0.516. The summed E-state index contributed by atoms with van der Waals surface area (Å²) in [5.41, 5.74) is 0.425. The minimum absolute atomic E-state index is 0.0668. The first-order valence-electron chi connectivity index (χ1n) is 8.86. The molecule has 3 aromatic rings. The number of furan rings is 1. The monoisotopic (exact) mass is 385 g/mol. The van der Waals surface area contributed by atoms with Gasteiger partial charge in [-0.05, 0) is 24.1 Å². The molecule has 0 saturated carbocycles. The van der Waals surface area contributed by atoms with Crippen molar-refractivity contribution in [3.63, 3.8) is 0 Å². The maximum absolute atomic E-state index is 11.0. The van der Waals surface area contributed by atoms with Gasteiger partial charge in [0.2, 0.25) is 0 Å². The number of nitrogens with zero attached hydrogens (tertiary/aromatic N) is 1. The fraction of sp³-hybridized carbons (Fsp3) is 0.300. The second-order valence-corrected chi connectivity index (χ2v) is 6.81. The number of aromatic nitrogens is 2. The summed E-state index contributed by atoms with van der Waals surface area (Å²) in [5.74, 6) is 1.78. The molecule has 148 valence electrons. The first kappa shape index (κ1) is 20.9. The van der Waals surface area contributed by atoms with Gasteiger partial charge in [0, 0.05) is 23.7 Å². The van der Waals surface area contributed by atoms with Crippen molar-refractivity contribution in [1.29, 1.82) is 0 Å². The largest absolute Gasteiger partial charge is 0.461 e. The topological polar surface area (TPSA) is 122 Å². The maximum Gasteiger partial charge on any atom is 0.325 e. The van der Waals surface area contributed by atoms with Crippen LogP contribution in [0.15, 0.2) is 56.6 Å². The fourth-order valence-corrected chi connectivity index (χ4v) is 2.50. The molecule has 0 fully saturated rings. The summed E-state index contributed by atoms with van der Waals surface area (Å²) in [5, 5.41) is 10.9. The molecule has 0 atom stereocenters. The molecular weight excluding hydrogens is 362 g/mol. The van der Waals surface area contributed by atoms with Crippen molar-refractivity contribution in [3.8, 4) is 11.3 Å². The zero-order chi connectivity index (χ0) is 20.8. The summed E-state index contributed by atoms with van der Waals surface area (Å²) in [6.45, 7) is 7.82. The van der Waals surface area contributed by atoms with Crippen LogP contribution in [0.4, 0.5) is 5.69 Å². The van der Waals surface area contributed by atoms with E-state index in [1.807, 2.05) is 33.8 Å².